The molecular formula is C25H24N2O3. The number of nitrogens with zero attached hydrogens (tertiary/aromatic N) is 1. The maximum absolute atomic E-state index is 11.7. The molecule has 0 spiro atoms. The van der Waals surface area contributed by atoms with Gasteiger partial charge in [-0.3, -0.25) is 4.98 Å². The Hall–Kier alpha value is -3.46. The molecule has 1 aromatic heterocycles. The van der Waals surface area contributed by atoms with E-state index < -0.39 is 0 Å². The van der Waals surface area contributed by atoms with Crippen LogP contribution in [0.3, 0.4) is 0 Å². The van der Waals surface area contributed by atoms with Crippen molar-refractivity contribution in [3.8, 4) is 23.1 Å². The fourth-order valence-electron chi connectivity index (χ4n) is 2.84. The monoisotopic (exact) mass is 400 g/mol. The largest absolute Gasteiger partial charge is 0.465 e. The molecule has 0 aliphatic heterocycles. The Morgan fingerprint density at radius 1 is 1.03 bits per heavy atom. The van der Waals surface area contributed by atoms with Crippen LogP contribution in [0, 0.1) is 11.8 Å². The van der Waals surface area contributed by atoms with E-state index in [1.807, 2.05) is 36.4 Å². The lowest BCUT2D eigenvalue weighted by molar-refractivity contribution is 0.0600. The number of esters is 1. The molecule has 0 aliphatic carbocycles. The number of nitrogens with one attached hydrogen (secondary N) is 1. The van der Waals surface area contributed by atoms with Gasteiger partial charge in [0.15, 0.2) is 0 Å². The van der Waals surface area contributed by atoms with Crippen LogP contribution in [0.2, 0.25) is 0 Å². The van der Waals surface area contributed by atoms with Gasteiger partial charge in [-0.05, 0) is 54.9 Å². The normalized spacial score (nSPS) is 10.2. The quantitative estimate of drug-likeness (QED) is 0.361. The summed E-state index contributed by atoms with van der Waals surface area (Å²) in [4.78, 5) is 16.0. The van der Waals surface area contributed by atoms with Crippen molar-refractivity contribution in [2.24, 2.45) is 0 Å². The number of hydrogen-bond donors (Lipinski definition) is 2. The molecule has 0 aliphatic rings. The molecule has 5 nitrogen and oxygen atoms in total. The molecule has 0 fully saturated rings. The van der Waals surface area contributed by atoms with Crippen molar-refractivity contribution in [1.29, 1.82) is 0 Å². The Morgan fingerprint density at radius 3 is 2.33 bits per heavy atom. The highest BCUT2D eigenvalue weighted by Gasteiger charge is 2.07. The third kappa shape index (κ3) is 6.02. The summed E-state index contributed by atoms with van der Waals surface area (Å²) in [5, 5.41) is 12.1. The summed E-state index contributed by atoms with van der Waals surface area (Å²) in [5.41, 5.74) is 5.12. The number of ether oxygens (including phenoxy) is 1. The first-order chi connectivity index (χ1) is 14.7. The number of carbonyl (C=O) groups is 1. The van der Waals surface area contributed by atoms with Crippen LogP contribution in [0.4, 0.5) is 0 Å². The topological polar surface area (TPSA) is 71.5 Å². The highest BCUT2D eigenvalue weighted by atomic mass is 16.5. The van der Waals surface area contributed by atoms with Crippen molar-refractivity contribution < 1.29 is 14.6 Å². The molecule has 0 unspecified atom stereocenters. The number of rotatable bonds is 7. The number of aliphatic hydroxyl groups excluding tert-OH is 1. The third-order valence-corrected chi connectivity index (χ3v) is 4.51. The van der Waals surface area contributed by atoms with E-state index in [0.29, 0.717) is 11.3 Å². The number of pyridine rings is 1. The molecule has 5 heteroatoms. The third-order valence-electron chi connectivity index (χ3n) is 4.51. The average Bonchev–Trinajstić information content (AvgIpc) is 2.81. The smallest absolute Gasteiger partial charge is 0.337 e. The Morgan fingerprint density at radius 2 is 1.70 bits per heavy atom. The zero-order chi connectivity index (χ0) is 21.2. The summed E-state index contributed by atoms with van der Waals surface area (Å²) >= 11 is 0. The van der Waals surface area contributed by atoms with Crippen molar-refractivity contribution in [2.45, 2.75) is 13.0 Å². The zero-order valence-electron chi connectivity index (χ0n) is 16.9. The van der Waals surface area contributed by atoms with Crippen molar-refractivity contribution >= 4 is 5.97 Å². The molecule has 0 atom stereocenters. The van der Waals surface area contributed by atoms with Gasteiger partial charge >= 0.3 is 5.97 Å². The average molecular weight is 400 g/mol. The van der Waals surface area contributed by atoms with Gasteiger partial charge in [0.1, 0.15) is 0 Å². The highest BCUT2D eigenvalue weighted by molar-refractivity contribution is 5.90. The summed E-state index contributed by atoms with van der Waals surface area (Å²) in [6.07, 6.45) is 2.36. The van der Waals surface area contributed by atoms with E-state index in [1.54, 1.807) is 18.3 Å². The van der Waals surface area contributed by atoms with E-state index in [4.69, 9.17) is 9.84 Å². The number of carbonyl (C=O) groups excluding carboxylic acids is 1. The first kappa shape index (κ1) is 21.3. The summed E-state index contributed by atoms with van der Waals surface area (Å²) < 4.78 is 4.76. The minimum Gasteiger partial charge on any atom is -0.465 e. The van der Waals surface area contributed by atoms with Gasteiger partial charge in [-0.15, -0.1) is 0 Å². The zero-order valence-corrected chi connectivity index (χ0v) is 16.9. The van der Waals surface area contributed by atoms with E-state index in [-0.39, 0.29) is 12.6 Å². The van der Waals surface area contributed by atoms with Gasteiger partial charge in [0.2, 0.25) is 0 Å². The van der Waals surface area contributed by atoms with Crippen LogP contribution in [-0.2, 0) is 11.3 Å². The lowest BCUT2D eigenvalue weighted by Gasteiger charge is -2.04. The second-order valence-electron chi connectivity index (χ2n) is 6.70. The van der Waals surface area contributed by atoms with Crippen LogP contribution in [0.25, 0.3) is 11.3 Å². The second-order valence-corrected chi connectivity index (χ2v) is 6.70. The number of benzene rings is 2. The molecule has 2 aromatic carbocycles. The van der Waals surface area contributed by atoms with E-state index in [2.05, 4.69) is 34.3 Å². The van der Waals surface area contributed by atoms with Crippen LogP contribution in [0.15, 0.2) is 66.9 Å². The number of aliphatic hydroxyl groups is 1. The van der Waals surface area contributed by atoms with Crippen molar-refractivity contribution in [3.63, 3.8) is 0 Å². The molecule has 1 heterocycles. The molecule has 152 valence electrons. The molecule has 0 amide bonds. The maximum Gasteiger partial charge on any atom is 0.337 e. The Balaban J connectivity index is 1.64. The van der Waals surface area contributed by atoms with E-state index in [9.17, 15) is 4.79 Å². The minimum absolute atomic E-state index is 0.207. The van der Waals surface area contributed by atoms with Gasteiger partial charge in [0.25, 0.3) is 0 Å². The van der Waals surface area contributed by atoms with Crippen LogP contribution in [0.5, 0.6) is 0 Å². The van der Waals surface area contributed by atoms with E-state index >= 15 is 0 Å². The predicted octanol–water partition coefficient (Wildman–Crippen LogP) is 3.41. The minimum atomic E-state index is -0.381. The molecule has 2 N–H and O–H groups in total. The Kier molecular flexibility index (Phi) is 7.73. The van der Waals surface area contributed by atoms with Crippen molar-refractivity contribution in [3.05, 3.63) is 89.1 Å². The summed E-state index contributed by atoms with van der Waals surface area (Å²) in [5.74, 6) is 5.96. The molecule has 0 saturated carbocycles. The lowest BCUT2D eigenvalue weighted by atomic mass is 10.1. The molecule has 0 bridgehead atoms. The molecular weight excluding hydrogens is 376 g/mol. The maximum atomic E-state index is 11.7. The fourth-order valence-corrected chi connectivity index (χ4v) is 2.84. The van der Waals surface area contributed by atoms with Gasteiger partial charge in [-0.1, -0.05) is 36.1 Å². The van der Waals surface area contributed by atoms with Crippen LogP contribution in [0.1, 0.15) is 33.5 Å². The van der Waals surface area contributed by atoms with Crippen LogP contribution in [-0.4, -0.2) is 36.3 Å². The number of methoxy groups -OCH3 is 1. The van der Waals surface area contributed by atoms with Crippen LogP contribution >= 0.6 is 0 Å². The summed E-state index contributed by atoms with van der Waals surface area (Å²) in [6, 6.07) is 19.2. The van der Waals surface area contributed by atoms with Crippen LogP contribution < -0.4 is 5.32 Å². The lowest BCUT2D eigenvalue weighted by Crippen LogP contribution is -2.15. The van der Waals surface area contributed by atoms with Gasteiger partial charge in [0, 0.05) is 36.0 Å². The van der Waals surface area contributed by atoms with Crippen molar-refractivity contribution in [2.75, 3.05) is 20.3 Å². The van der Waals surface area contributed by atoms with Gasteiger partial charge in [0.05, 0.1) is 18.4 Å². The predicted molar refractivity (Wildman–Crippen MR) is 117 cm³/mol. The van der Waals surface area contributed by atoms with E-state index in [1.165, 1.54) is 12.7 Å². The van der Waals surface area contributed by atoms with Gasteiger partial charge in [-0.2, -0.15) is 0 Å². The molecule has 30 heavy (non-hydrogen) atoms. The first-order valence-electron chi connectivity index (χ1n) is 9.77. The highest BCUT2D eigenvalue weighted by Crippen LogP contribution is 2.19. The molecule has 0 radical (unpaired) electrons. The fraction of sp³-hybridized carbons (Fsp3) is 0.200. The number of hydrogen-bond acceptors (Lipinski definition) is 5. The molecule has 0 saturated heterocycles. The SMILES string of the molecule is COC(=O)c1ccnc(-c2ccc(C#Cc3ccc(CNCCCO)cc3)cc2)c1. The standard InChI is InChI=1S/C25H24N2O3/c1-30-25(29)23-13-15-27-24(17-23)22-11-9-20(10-12-22)4-3-19-5-7-21(8-6-19)18-26-14-2-16-28/h5-13,15,17,26,28H,2,14,16,18H2,1H3. The Labute approximate surface area is 176 Å². The first-order valence-corrected chi connectivity index (χ1v) is 9.77. The Bertz CT molecular complexity index is 1030. The molecule has 3 rings (SSSR count). The van der Waals surface area contributed by atoms with Crippen molar-refractivity contribution in [1.82, 2.24) is 10.3 Å². The summed E-state index contributed by atoms with van der Waals surface area (Å²) in [7, 11) is 1.36. The molecule has 3 aromatic rings. The van der Waals surface area contributed by atoms with Gasteiger partial charge in [-0.25, -0.2) is 4.79 Å². The van der Waals surface area contributed by atoms with Gasteiger partial charge < -0.3 is 15.2 Å². The summed E-state index contributed by atoms with van der Waals surface area (Å²) in [6.45, 7) is 1.79. The number of aromatic nitrogens is 1. The van der Waals surface area contributed by atoms with E-state index in [0.717, 1.165) is 36.2 Å². The second kappa shape index (κ2) is 10.9.